The van der Waals surface area contributed by atoms with E-state index in [-0.39, 0.29) is 11.8 Å². The first kappa shape index (κ1) is 18.2. The van der Waals surface area contributed by atoms with Crippen molar-refractivity contribution in [1.82, 2.24) is 10.1 Å². The van der Waals surface area contributed by atoms with Gasteiger partial charge in [0.05, 0.1) is 18.6 Å². The topological polar surface area (TPSA) is 68.5 Å². The van der Waals surface area contributed by atoms with Crippen LogP contribution in [-0.2, 0) is 4.79 Å². The standard InChI is InChI=1S/C22H23N3O3/c1-14(2)15-8-10-17(11-9-15)25-13-16(12-20(25)26)22-23-21(24-28-22)18-6-4-5-7-19(18)27-3/h4-11,14,16H,12-13H2,1-3H3. The largest absolute Gasteiger partial charge is 0.496 e. The molecule has 6 nitrogen and oxygen atoms in total. The number of hydrogen-bond acceptors (Lipinski definition) is 5. The van der Waals surface area contributed by atoms with Gasteiger partial charge in [0.15, 0.2) is 0 Å². The summed E-state index contributed by atoms with van der Waals surface area (Å²) in [7, 11) is 1.61. The quantitative estimate of drug-likeness (QED) is 0.660. The number of amides is 1. The van der Waals surface area contributed by atoms with Crippen LogP contribution in [0.3, 0.4) is 0 Å². The molecule has 1 unspecified atom stereocenters. The third kappa shape index (κ3) is 3.38. The van der Waals surface area contributed by atoms with Gasteiger partial charge in [0.25, 0.3) is 0 Å². The van der Waals surface area contributed by atoms with Crippen LogP contribution in [0.2, 0.25) is 0 Å². The molecule has 0 bridgehead atoms. The summed E-state index contributed by atoms with van der Waals surface area (Å²) in [6, 6.07) is 15.7. The molecule has 0 N–H and O–H groups in total. The fourth-order valence-electron chi connectivity index (χ4n) is 3.50. The lowest BCUT2D eigenvalue weighted by Crippen LogP contribution is -2.24. The summed E-state index contributed by atoms with van der Waals surface area (Å²) in [6.07, 6.45) is 0.361. The van der Waals surface area contributed by atoms with Gasteiger partial charge in [-0.15, -0.1) is 0 Å². The van der Waals surface area contributed by atoms with E-state index in [1.54, 1.807) is 12.0 Å². The van der Waals surface area contributed by atoms with Gasteiger partial charge in [-0.1, -0.05) is 43.3 Å². The van der Waals surface area contributed by atoms with Crippen LogP contribution in [0.5, 0.6) is 5.75 Å². The van der Waals surface area contributed by atoms with Crippen LogP contribution in [0, 0.1) is 0 Å². The monoisotopic (exact) mass is 377 g/mol. The lowest BCUT2D eigenvalue weighted by atomic mass is 10.0. The number of anilines is 1. The van der Waals surface area contributed by atoms with Gasteiger partial charge in [0, 0.05) is 18.7 Å². The first-order valence-corrected chi connectivity index (χ1v) is 9.44. The Balaban J connectivity index is 1.54. The van der Waals surface area contributed by atoms with Crippen molar-refractivity contribution in [2.24, 2.45) is 0 Å². The SMILES string of the molecule is COc1ccccc1-c1noc(C2CC(=O)N(c3ccc(C(C)C)cc3)C2)n1. The van der Waals surface area contributed by atoms with Gasteiger partial charge in [-0.25, -0.2) is 0 Å². The maximum absolute atomic E-state index is 12.6. The first-order valence-electron chi connectivity index (χ1n) is 9.44. The molecule has 1 aliphatic heterocycles. The summed E-state index contributed by atoms with van der Waals surface area (Å²) in [4.78, 5) is 18.9. The minimum absolute atomic E-state index is 0.0688. The Morgan fingerprint density at radius 2 is 1.89 bits per heavy atom. The number of aromatic nitrogens is 2. The van der Waals surface area contributed by atoms with Crippen molar-refractivity contribution in [1.29, 1.82) is 0 Å². The van der Waals surface area contributed by atoms with Gasteiger partial charge in [0.1, 0.15) is 5.75 Å². The molecule has 1 saturated heterocycles. The molecule has 6 heteroatoms. The highest BCUT2D eigenvalue weighted by Gasteiger charge is 2.35. The molecule has 1 aromatic heterocycles. The van der Waals surface area contributed by atoms with Gasteiger partial charge < -0.3 is 14.2 Å². The smallest absolute Gasteiger partial charge is 0.232 e. The zero-order valence-electron chi connectivity index (χ0n) is 16.3. The average Bonchev–Trinajstić information content (AvgIpc) is 3.35. The molecule has 4 rings (SSSR count). The molecule has 144 valence electrons. The Morgan fingerprint density at radius 1 is 1.14 bits per heavy atom. The highest BCUT2D eigenvalue weighted by molar-refractivity contribution is 5.96. The molecule has 0 spiro atoms. The molecule has 1 atom stereocenters. The molecular weight excluding hydrogens is 354 g/mol. The lowest BCUT2D eigenvalue weighted by molar-refractivity contribution is -0.117. The van der Waals surface area contributed by atoms with Crippen molar-refractivity contribution in [3.8, 4) is 17.1 Å². The van der Waals surface area contributed by atoms with E-state index in [0.29, 0.717) is 36.3 Å². The fraction of sp³-hybridized carbons (Fsp3) is 0.318. The third-order valence-electron chi connectivity index (χ3n) is 5.14. The second-order valence-electron chi connectivity index (χ2n) is 7.31. The number of nitrogens with zero attached hydrogens (tertiary/aromatic N) is 3. The predicted molar refractivity (Wildman–Crippen MR) is 107 cm³/mol. The predicted octanol–water partition coefficient (Wildman–Crippen LogP) is 4.39. The number of ether oxygens (including phenoxy) is 1. The number of carbonyl (C=O) groups excluding carboxylic acids is 1. The van der Waals surface area contributed by atoms with Gasteiger partial charge in [-0.3, -0.25) is 4.79 Å². The van der Waals surface area contributed by atoms with Gasteiger partial charge >= 0.3 is 0 Å². The van der Waals surface area contributed by atoms with Gasteiger partial charge in [-0.2, -0.15) is 4.98 Å². The van der Waals surface area contributed by atoms with Crippen LogP contribution in [0.15, 0.2) is 53.1 Å². The average molecular weight is 377 g/mol. The third-order valence-corrected chi connectivity index (χ3v) is 5.14. The van der Waals surface area contributed by atoms with Crippen molar-refractivity contribution in [3.05, 3.63) is 60.0 Å². The molecule has 28 heavy (non-hydrogen) atoms. The van der Waals surface area contributed by atoms with Crippen LogP contribution in [-0.4, -0.2) is 29.7 Å². The maximum atomic E-state index is 12.6. The normalized spacial score (nSPS) is 16.8. The second kappa shape index (κ2) is 7.46. The van der Waals surface area contributed by atoms with Gasteiger partial charge in [0.2, 0.25) is 17.6 Å². The number of para-hydroxylation sites is 1. The molecule has 2 heterocycles. The van der Waals surface area contributed by atoms with Crippen molar-refractivity contribution >= 4 is 11.6 Å². The van der Waals surface area contributed by atoms with E-state index in [0.717, 1.165) is 11.3 Å². The summed E-state index contributed by atoms with van der Waals surface area (Å²) >= 11 is 0. The first-order chi connectivity index (χ1) is 13.6. The summed E-state index contributed by atoms with van der Waals surface area (Å²) in [5.41, 5.74) is 2.93. The molecule has 1 aliphatic rings. The number of rotatable bonds is 5. The highest BCUT2D eigenvalue weighted by Crippen LogP contribution is 2.34. The highest BCUT2D eigenvalue weighted by atomic mass is 16.5. The van der Waals surface area contributed by atoms with E-state index in [1.807, 2.05) is 36.4 Å². The molecule has 0 saturated carbocycles. The Bertz CT molecular complexity index is 979. The number of carbonyl (C=O) groups is 1. The Labute approximate surface area is 164 Å². The molecule has 3 aromatic rings. The van der Waals surface area contributed by atoms with Crippen LogP contribution < -0.4 is 9.64 Å². The Kier molecular flexibility index (Phi) is 4.86. The summed E-state index contributed by atoms with van der Waals surface area (Å²) < 4.78 is 10.9. The van der Waals surface area contributed by atoms with E-state index in [9.17, 15) is 4.79 Å². The van der Waals surface area contributed by atoms with Crippen molar-refractivity contribution in [3.63, 3.8) is 0 Å². The number of hydrogen-bond donors (Lipinski definition) is 0. The lowest BCUT2D eigenvalue weighted by Gasteiger charge is -2.17. The van der Waals surface area contributed by atoms with Crippen molar-refractivity contribution in [2.45, 2.75) is 32.1 Å². The molecule has 1 fully saturated rings. The van der Waals surface area contributed by atoms with E-state index < -0.39 is 0 Å². The molecule has 1 amide bonds. The van der Waals surface area contributed by atoms with E-state index in [4.69, 9.17) is 9.26 Å². The second-order valence-corrected chi connectivity index (χ2v) is 7.31. The molecule has 0 aliphatic carbocycles. The minimum Gasteiger partial charge on any atom is -0.496 e. The van der Waals surface area contributed by atoms with Crippen molar-refractivity contribution in [2.75, 3.05) is 18.6 Å². The molecular formula is C22H23N3O3. The Hall–Kier alpha value is -3.15. The van der Waals surface area contributed by atoms with E-state index in [1.165, 1.54) is 5.56 Å². The van der Waals surface area contributed by atoms with Crippen LogP contribution >= 0.6 is 0 Å². The van der Waals surface area contributed by atoms with Crippen LogP contribution in [0.1, 0.15) is 43.6 Å². The fourth-order valence-corrected chi connectivity index (χ4v) is 3.50. The Morgan fingerprint density at radius 3 is 2.61 bits per heavy atom. The zero-order valence-corrected chi connectivity index (χ0v) is 16.3. The zero-order chi connectivity index (χ0) is 19.7. The number of methoxy groups -OCH3 is 1. The van der Waals surface area contributed by atoms with Crippen LogP contribution in [0.4, 0.5) is 5.69 Å². The minimum atomic E-state index is -0.117. The van der Waals surface area contributed by atoms with E-state index >= 15 is 0 Å². The number of benzene rings is 2. The molecule has 2 aromatic carbocycles. The molecule has 0 radical (unpaired) electrons. The summed E-state index contributed by atoms with van der Waals surface area (Å²) in [6.45, 7) is 4.84. The van der Waals surface area contributed by atoms with Gasteiger partial charge in [-0.05, 0) is 35.7 Å². The summed E-state index contributed by atoms with van der Waals surface area (Å²) in [5.74, 6) is 2.05. The van der Waals surface area contributed by atoms with E-state index in [2.05, 4.69) is 36.1 Å². The summed E-state index contributed by atoms with van der Waals surface area (Å²) in [5, 5.41) is 4.10. The maximum Gasteiger partial charge on any atom is 0.232 e. The van der Waals surface area contributed by atoms with Crippen molar-refractivity contribution < 1.29 is 14.1 Å². The van der Waals surface area contributed by atoms with Crippen LogP contribution in [0.25, 0.3) is 11.4 Å².